The van der Waals surface area contributed by atoms with E-state index in [9.17, 15) is 14.4 Å². The number of nitrogens with one attached hydrogen (secondary N) is 2. The number of carbonyl (C=O) groups is 3. The quantitative estimate of drug-likeness (QED) is 0.559. The fourth-order valence-corrected chi connectivity index (χ4v) is 4.62. The highest BCUT2D eigenvalue weighted by atomic mass is 16.6. The molecule has 7 heteroatoms. The molecule has 1 saturated carbocycles. The van der Waals surface area contributed by atoms with E-state index >= 15 is 0 Å². The molecule has 34 heavy (non-hydrogen) atoms. The highest BCUT2D eigenvalue weighted by Crippen LogP contribution is 2.29. The van der Waals surface area contributed by atoms with E-state index in [1.165, 1.54) is 6.42 Å². The lowest BCUT2D eigenvalue weighted by atomic mass is 9.91. The Morgan fingerprint density at radius 3 is 2.21 bits per heavy atom. The third-order valence-corrected chi connectivity index (χ3v) is 6.18. The van der Waals surface area contributed by atoms with Gasteiger partial charge in [-0.25, -0.2) is 4.79 Å². The van der Waals surface area contributed by atoms with Crippen LogP contribution in [-0.4, -0.2) is 47.0 Å². The number of alkyl carbamates (subject to hydrolysis) is 1. The van der Waals surface area contributed by atoms with Gasteiger partial charge in [0, 0.05) is 12.6 Å². The molecule has 1 fully saturated rings. The van der Waals surface area contributed by atoms with E-state index in [2.05, 4.69) is 10.6 Å². The van der Waals surface area contributed by atoms with E-state index in [0.717, 1.165) is 42.4 Å². The molecular formula is C27H43N3O4. The summed E-state index contributed by atoms with van der Waals surface area (Å²) in [6.45, 7) is 13.3. The predicted octanol–water partition coefficient (Wildman–Crippen LogP) is 4.95. The van der Waals surface area contributed by atoms with Crippen molar-refractivity contribution in [1.82, 2.24) is 15.5 Å². The van der Waals surface area contributed by atoms with Crippen molar-refractivity contribution in [3.05, 3.63) is 34.9 Å². The molecule has 2 unspecified atom stereocenters. The zero-order valence-electron chi connectivity index (χ0n) is 22.0. The molecule has 0 saturated heterocycles. The van der Waals surface area contributed by atoms with Crippen molar-refractivity contribution in [2.24, 2.45) is 0 Å². The number of aryl methyl sites for hydroxylation is 2. The molecule has 0 aromatic heterocycles. The first-order valence-corrected chi connectivity index (χ1v) is 12.6. The predicted molar refractivity (Wildman–Crippen MR) is 135 cm³/mol. The fourth-order valence-electron chi connectivity index (χ4n) is 4.62. The van der Waals surface area contributed by atoms with Crippen LogP contribution in [0.15, 0.2) is 18.2 Å². The third-order valence-electron chi connectivity index (χ3n) is 6.18. The molecule has 7 nitrogen and oxygen atoms in total. The minimum atomic E-state index is -0.837. The van der Waals surface area contributed by atoms with Crippen molar-refractivity contribution in [3.8, 4) is 0 Å². The molecule has 1 aliphatic rings. The Morgan fingerprint density at radius 1 is 1.09 bits per heavy atom. The second-order valence-electron chi connectivity index (χ2n) is 10.5. The zero-order valence-corrected chi connectivity index (χ0v) is 22.0. The maximum absolute atomic E-state index is 13.8. The van der Waals surface area contributed by atoms with Crippen molar-refractivity contribution in [2.75, 3.05) is 6.54 Å². The summed E-state index contributed by atoms with van der Waals surface area (Å²) in [7, 11) is 0. The van der Waals surface area contributed by atoms with Crippen LogP contribution in [-0.2, 0) is 14.3 Å². The Balaban J connectivity index is 2.38. The van der Waals surface area contributed by atoms with Gasteiger partial charge in [0.1, 0.15) is 17.7 Å². The fraction of sp³-hybridized carbons (Fsp3) is 0.667. The van der Waals surface area contributed by atoms with E-state index in [4.69, 9.17) is 4.74 Å². The van der Waals surface area contributed by atoms with Gasteiger partial charge in [0.05, 0.1) is 0 Å². The molecule has 0 spiro atoms. The summed E-state index contributed by atoms with van der Waals surface area (Å²) in [5.41, 5.74) is 2.11. The summed E-state index contributed by atoms with van der Waals surface area (Å²) in [5, 5.41) is 5.88. The number of ether oxygens (including phenoxy) is 1. The number of hydrogen-bond acceptors (Lipinski definition) is 4. The van der Waals surface area contributed by atoms with Crippen LogP contribution in [0.5, 0.6) is 0 Å². The van der Waals surface area contributed by atoms with Crippen molar-refractivity contribution >= 4 is 17.9 Å². The molecule has 1 aliphatic carbocycles. The molecule has 0 radical (unpaired) electrons. The summed E-state index contributed by atoms with van der Waals surface area (Å²) in [6, 6.07) is 4.43. The lowest BCUT2D eigenvalue weighted by molar-refractivity contribution is -0.142. The largest absolute Gasteiger partial charge is 0.444 e. The number of hydrogen-bond donors (Lipinski definition) is 2. The minimum Gasteiger partial charge on any atom is -0.444 e. The minimum absolute atomic E-state index is 0.129. The van der Waals surface area contributed by atoms with Gasteiger partial charge in [-0.1, -0.05) is 44.4 Å². The van der Waals surface area contributed by atoms with Crippen molar-refractivity contribution in [3.63, 3.8) is 0 Å². The molecule has 1 aromatic rings. The molecule has 2 atom stereocenters. The molecule has 190 valence electrons. The SMILES string of the molecule is CCCN(C(=O)C(C)NC(=O)OC(C)(C)C)C(C(=O)NC1CCCCC1)c1c(C)cccc1C. The van der Waals surface area contributed by atoms with Crippen LogP contribution in [0.3, 0.4) is 0 Å². The zero-order chi connectivity index (χ0) is 25.5. The summed E-state index contributed by atoms with van der Waals surface area (Å²) < 4.78 is 5.33. The average molecular weight is 474 g/mol. The van der Waals surface area contributed by atoms with Gasteiger partial charge in [0.2, 0.25) is 11.8 Å². The van der Waals surface area contributed by atoms with Crippen LogP contribution in [0.2, 0.25) is 0 Å². The molecule has 0 heterocycles. The number of amides is 3. The average Bonchev–Trinajstić information content (AvgIpc) is 2.74. The van der Waals surface area contributed by atoms with Gasteiger partial charge in [-0.15, -0.1) is 0 Å². The molecule has 1 aromatic carbocycles. The normalized spacial score (nSPS) is 16.3. The molecular weight excluding hydrogens is 430 g/mol. The van der Waals surface area contributed by atoms with Crippen LogP contribution < -0.4 is 10.6 Å². The van der Waals surface area contributed by atoms with Crippen LogP contribution in [0, 0.1) is 13.8 Å². The second kappa shape index (κ2) is 12.2. The standard InChI is InChI=1S/C27H43N3O4/c1-8-17-30(25(32)20(4)28-26(33)34-27(5,6)7)23(22-18(2)13-12-14-19(22)3)24(31)29-21-15-10-9-11-16-21/h12-14,20-21,23H,8-11,15-17H2,1-7H3,(H,28,33)(H,29,31). The summed E-state index contributed by atoms with van der Waals surface area (Å²) in [5.74, 6) is -0.463. The molecule has 2 N–H and O–H groups in total. The topological polar surface area (TPSA) is 87.7 Å². The van der Waals surface area contributed by atoms with Crippen LogP contribution in [0.1, 0.15) is 95.9 Å². The van der Waals surface area contributed by atoms with E-state index in [1.807, 2.05) is 39.0 Å². The maximum atomic E-state index is 13.8. The van der Waals surface area contributed by atoms with Gasteiger partial charge < -0.3 is 20.3 Å². The Bertz CT molecular complexity index is 836. The van der Waals surface area contributed by atoms with Gasteiger partial charge in [0.15, 0.2) is 0 Å². The summed E-state index contributed by atoms with van der Waals surface area (Å²) in [6.07, 6.45) is 5.36. The third kappa shape index (κ3) is 7.74. The molecule has 0 bridgehead atoms. The monoisotopic (exact) mass is 473 g/mol. The Hall–Kier alpha value is -2.57. The van der Waals surface area contributed by atoms with E-state index in [1.54, 1.807) is 32.6 Å². The Kier molecular flexibility index (Phi) is 9.95. The Labute approximate surface area is 205 Å². The summed E-state index contributed by atoms with van der Waals surface area (Å²) in [4.78, 5) is 41.3. The first-order chi connectivity index (χ1) is 15.9. The first kappa shape index (κ1) is 27.7. The first-order valence-electron chi connectivity index (χ1n) is 12.6. The van der Waals surface area contributed by atoms with Crippen molar-refractivity contribution in [2.45, 2.75) is 111 Å². The van der Waals surface area contributed by atoms with Gasteiger partial charge in [-0.2, -0.15) is 0 Å². The number of nitrogens with zero attached hydrogens (tertiary/aromatic N) is 1. The lowest BCUT2D eigenvalue weighted by Gasteiger charge is -2.36. The van der Waals surface area contributed by atoms with E-state index < -0.39 is 23.8 Å². The second-order valence-corrected chi connectivity index (χ2v) is 10.5. The highest BCUT2D eigenvalue weighted by molar-refractivity contribution is 5.92. The molecule has 2 rings (SSSR count). The van der Waals surface area contributed by atoms with Crippen molar-refractivity contribution in [1.29, 1.82) is 0 Å². The Morgan fingerprint density at radius 2 is 1.68 bits per heavy atom. The van der Waals surface area contributed by atoms with E-state index in [-0.39, 0.29) is 17.9 Å². The van der Waals surface area contributed by atoms with E-state index in [0.29, 0.717) is 13.0 Å². The lowest BCUT2D eigenvalue weighted by Crippen LogP contribution is -2.53. The number of rotatable bonds is 8. The molecule has 3 amide bonds. The van der Waals surface area contributed by atoms with Gasteiger partial charge in [-0.3, -0.25) is 9.59 Å². The van der Waals surface area contributed by atoms with Gasteiger partial charge in [-0.05, 0) is 77.5 Å². The van der Waals surface area contributed by atoms with Crippen LogP contribution in [0.4, 0.5) is 4.79 Å². The van der Waals surface area contributed by atoms with Crippen molar-refractivity contribution < 1.29 is 19.1 Å². The van der Waals surface area contributed by atoms with Gasteiger partial charge >= 0.3 is 6.09 Å². The number of benzene rings is 1. The summed E-state index contributed by atoms with van der Waals surface area (Å²) >= 11 is 0. The smallest absolute Gasteiger partial charge is 0.408 e. The highest BCUT2D eigenvalue weighted by Gasteiger charge is 2.36. The van der Waals surface area contributed by atoms with Gasteiger partial charge in [0.25, 0.3) is 0 Å². The van der Waals surface area contributed by atoms with Crippen LogP contribution >= 0.6 is 0 Å². The molecule has 0 aliphatic heterocycles. The van der Waals surface area contributed by atoms with Crippen LogP contribution in [0.25, 0.3) is 0 Å². The maximum Gasteiger partial charge on any atom is 0.408 e. The number of carbonyl (C=O) groups excluding carboxylic acids is 3.